The van der Waals surface area contributed by atoms with Gasteiger partial charge >= 0.3 is 0 Å². The maximum Gasteiger partial charge on any atom is 0.112 e. The van der Waals surface area contributed by atoms with Gasteiger partial charge in [-0.25, -0.2) is 4.98 Å². The number of hydrogen-bond donors (Lipinski definition) is 1. The van der Waals surface area contributed by atoms with E-state index in [0.29, 0.717) is 0 Å². The van der Waals surface area contributed by atoms with Crippen molar-refractivity contribution in [1.82, 2.24) is 9.97 Å². The Kier molecular flexibility index (Phi) is 3.47. The van der Waals surface area contributed by atoms with Gasteiger partial charge < -0.3 is 4.98 Å². The predicted octanol–water partition coefficient (Wildman–Crippen LogP) is 5.16. The summed E-state index contributed by atoms with van der Waals surface area (Å²) in [5, 5.41) is 0. The summed E-state index contributed by atoms with van der Waals surface area (Å²) in [7, 11) is 0. The minimum absolute atomic E-state index is 0.0672. The Bertz CT molecular complexity index is 693. The van der Waals surface area contributed by atoms with Crippen LogP contribution in [0.1, 0.15) is 70.6 Å². The highest BCUT2D eigenvalue weighted by Gasteiger charge is 2.25. The number of hydrogen-bond acceptors (Lipinski definition) is 1. The fourth-order valence-electron chi connectivity index (χ4n) is 3.13. The number of imidazole rings is 1. The third-order valence-corrected chi connectivity index (χ3v) is 4.59. The molecule has 0 fully saturated rings. The zero-order chi connectivity index (χ0) is 16.1. The zero-order valence-electron chi connectivity index (χ0n) is 14.8. The molecule has 0 saturated heterocycles. The Hall–Kier alpha value is -1.57. The van der Waals surface area contributed by atoms with Crippen molar-refractivity contribution in [1.29, 1.82) is 0 Å². The van der Waals surface area contributed by atoms with E-state index in [-0.39, 0.29) is 10.8 Å². The summed E-state index contributed by atoms with van der Waals surface area (Å²) in [5.74, 6) is 1.10. The molecule has 1 aromatic carbocycles. The molecule has 1 aliphatic rings. The first kappa shape index (κ1) is 15.3. The lowest BCUT2D eigenvalue weighted by Gasteiger charge is -2.21. The largest absolute Gasteiger partial charge is 0.341 e. The lowest BCUT2D eigenvalue weighted by Crippen LogP contribution is -2.13. The van der Waals surface area contributed by atoms with Crippen LogP contribution >= 0.6 is 0 Å². The summed E-state index contributed by atoms with van der Waals surface area (Å²) in [6, 6.07) is 6.98. The fourth-order valence-corrected chi connectivity index (χ4v) is 3.13. The van der Waals surface area contributed by atoms with Gasteiger partial charge in [-0.15, -0.1) is 0 Å². The molecule has 0 atom stereocenters. The number of aryl methyl sites for hydroxylation is 2. The quantitative estimate of drug-likeness (QED) is 0.714. The van der Waals surface area contributed by atoms with Crippen LogP contribution in [-0.2, 0) is 23.7 Å². The highest BCUT2D eigenvalue weighted by molar-refractivity contribution is 5.68. The van der Waals surface area contributed by atoms with Crippen molar-refractivity contribution in [3.8, 4) is 11.3 Å². The lowest BCUT2D eigenvalue weighted by molar-refractivity contribution is 0.550. The van der Waals surface area contributed by atoms with Crippen molar-refractivity contribution < 1.29 is 0 Å². The summed E-state index contributed by atoms with van der Waals surface area (Å²) in [4.78, 5) is 8.51. The molecule has 3 rings (SSSR count). The monoisotopic (exact) mass is 296 g/mol. The summed E-state index contributed by atoms with van der Waals surface area (Å²) in [6.07, 6.45) is 3.40. The third-order valence-electron chi connectivity index (χ3n) is 4.59. The average molecular weight is 296 g/mol. The van der Waals surface area contributed by atoms with Crippen molar-refractivity contribution >= 4 is 0 Å². The first-order valence-electron chi connectivity index (χ1n) is 8.39. The van der Waals surface area contributed by atoms with E-state index in [1.807, 2.05) is 0 Å². The number of rotatable bonds is 0. The molecule has 2 nitrogen and oxygen atoms in total. The third kappa shape index (κ3) is 2.71. The Balaban J connectivity index is 2.13. The van der Waals surface area contributed by atoms with Gasteiger partial charge in [-0.2, -0.15) is 0 Å². The highest BCUT2D eigenvalue weighted by atomic mass is 15.0. The molecule has 1 aromatic heterocycles. The molecule has 0 aliphatic heterocycles. The van der Waals surface area contributed by atoms with Crippen LogP contribution in [0.2, 0.25) is 0 Å². The number of benzene rings is 1. The molecular formula is C20H28N2. The van der Waals surface area contributed by atoms with E-state index in [4.69, 9.17) is 4.98 Å². The van der Waals surface area contributed by atoms with Crippen LogP contribution < -0.4 is 0 Å². The Morgan fingerprint density at radius 2 is 1.68 bits per heavy atom. The van der Waals surface area contributed by atoms with E-state index in [9.17, 15) is 0 Å². The summed E-state index contributed by atoms with van der Waals surface area (Å²) in [5.41, 5.74) is 7.00. The van der Waals surface area contributed by atoms with Gasteiger partial charge in [0.1, 0.15) is 5.82 Å². The van der Waals surface area contributed by atoms with E-state index in [0.717, 1.165) is 18.7 Å². The van der Waals surface area contributed by atoms with Crippen LogP contribution in [0.25, 0.3) is 11.3 Å². The fraction of sp³-hybridized carbons (Fsp3) is 0.550. The van der Waals surface area contributed by atoms with Crippen LogP contribution in [0.4, 0.5) is 0 Å². The summed E-state index contributed by atoms with van der Waals surface area (Å²) >= 11 is 0. The molecule has 1 N–H and O–H groups in total. The van der Waals surface area contributed by atoms with E-state index in [2.05, 4.69) is 64.7 Å². The van der Waals surface area contributed by atoms with Gasteiger partial charge in [0.15, 0.2) is 0 Å². The van der Waals surface area contributed by atoms with Gasteiger partial charge in [0.2, 0.25) is 0 Å². The van der Waals surface area contributed by atoms with Crippen LogP contribution in [0.15, 0.2) is 18.2 Å². The van der Waals surface area contributed by atoms with Crippen LogP contribution in [-0.4, -0.2) is 9.97 Å². The number of fused-ring (bicyclic) bond motifs is 3. The summed E-state index contributed by atoms with van der Waals surface area (Å²) < 4.78 is 0. The van der Waals surface area contributed by atoms with Crippen LogP contribution in [0, 0.1) is 0 Å². The molecule has 1 heterocycles. The molecule has 0 spiro atoms. The molecule has 2 heteroatoms. The van der Waals surface area contributed by atoms with Gasteiger partial charge in [-0.1, -0.05) is 59.7 Å². The number of nitrogens with one attached hydrogen (secondary N) is 1. The van der Waals surface area contributed by atoms with Crippen molar-refractivity contribution in [2.24, 2.45) is 0 Å². The first-order valence-corrected chi connectivity index (χ1v) is 8.39. The van der Waals surface area contributed by atoms with Gasteiger partial charge in [-0.3, -0.25) is 0 Å². The summed E-state index contributed by atoms with van der Waals surface area (Å²) in [6.45, 7) is 13.5. The van der Waals surface area contributed by atoms with Crippen molar-refractivity contribution in [3.63, 3.8) is 0 Å². The average Bonchev–Trinajstić information content (AvgIpc) is 2.75. The van der Waals surface area contributed by atoms with E-state index in [1.54, 1.807) is 0 Å². The molecule has 2 aromatic rings. The smallest absolute Gasteiger partial charge is 0.112 e. The Morgan fingerprint density at radius 1 is 0.955 bits per heavy atom. The van der Waals surface area contributed by atoms with E-state index in [1.165, 1.54) is 34.5 Å². The SMILES string of the molecule is CC(C)(C)c1ccc2c(c1)CCCc1nc(C(C)(C)C)[nH]c1-2. The van der Waals surface area contributed by atoms with Gasteiger partial charge in [-0.05, 0) is 35.8 Å². The molecule has 1 aliphatic carbocycles. The predicted molar refractivity (Wildman–Crippen MR) is 93.4 cm³/mol. The lowest BCUT2D eigenvalue weighted by atomic mass is 9.84. The maximum atomic E-state index is 4.90. The molecule has 0 bridgehead atoms. The topological polar surface area (TPSA) is 28.7 Å². The second-order valence-corrected chi connectivity index (χ2v) is 8.63. The molecule has 22 heavy (non-hydrogen) atoms. The van der Waals surface area contributed by atoms with Gasteiger partial charge in [0.05, 0.1) is 11.4 Å². The second kappa shape index (κ2) is 4.97. The number of H-pyrrole nitrogens is 1. The number of aromatic nitrogens is 2. The van der Waals surface area contributed by atoms with E-state index >= 15 is 0 Å². The van der Waals surface area contributed by atoms with Crippen molar-refractivity contribution in [2.75, 3.05) is 0 Å². The minimum atomic E-state index is 0.0672. The molecule has 0 radical (unpaired) electrons. The standard InChI is InChI=1S/C20H28N2/c1-19(2,3)14-10-11-15-13(12-14)8-7-9-16-17(15)22-18(21-16)20(4,5)6/h10-12H,7-9H2,1-6H3,(H,21,22). The van der Waals surface area contributed by atoms with Crippen LogP contribution in [0.3, 0.4) is 0 Å². The van der Waals surface area contributed by atoms with Gasteiger partial charge in [0, 0.05) is 11.0 Å². The van der Waals surface area contributed by atoms with Crippen molar-refractivity contribution in [2.45, 2.75) is 71.6 Å². The second-order valence-electron chi connectivity index (χ2n) is 8.63. The molecule has 0 saturated carbocycles. The normalized spacial score (nSPS) is 15.2. The van der Waals surface area contributed by atoms with Crippen molar-refractivity contribution in [3.05, 3.63) is 40.8 Å². The van der Waals surface area contributed by atoms with Crippen LogP contribution in [0.5, 0.6) is 0 Å². The molecular weight excluding hydrogens is 268 g/mol. The molecule has 0 amide bonds. The molecule has 118 valence electrons. The number of nitrogens with zero attached hydrogens (tertiary/aromatic N) is 1. The maximum absolute atomic E-state index is 4.90. The Labute approximate surface area is 134 Å². The van der Waals surface area contributed by atoms with E-state index < -0.39 is 0 Å². The number of aromatic amines is 1. The highest BCUT2D eigenvalue weighted by Crippen LogP contribution is 2.35. The first-order chi connectivity index (χ1) is 10.2. The van der Waals surface area contributed by atoms with Gasteiger partial charge in [0.25, 0.3) is 0 Å². The minimum Gasteiger partial charge on any atom is -0.341 e. The Morgan fingerprint density at radius 3 is 2.32 bits per heavy atom. The zero-order valence-corrected chi connectivity index (χ0v) is 14.8. The molecule has 0 unspecified atom stereocenters.